The molecule has 0 bridgehead atoms. The summed E-state index contributed by atoms with van der Waals surface area (Å²) in [5, 5.41) is 64.6. The zero-order valence-electron chi connectivity index (χ0n) is 35.5. The Morgan fingerprint density at radius 3 is 1.64 bits per heavy atom. The van der Waals surface area contributed by atoms with Gasteiger partial charge in [-0.25, -0.2) is 0 Å². The van der Waals surface area contributed by atoms with Crippen molar-refractivity contribution in [2.75, 3.05) is 13.2 Å². The Kier molecular flexibility index (Phi) is 32.9. The molecule has 326 valence electrons. The third kappa shape index (κ3) is 25.8. The van der Waals surface area contributed by atoms with Crippen LogP contribution in [0.25, 0.3) is 0 Å². The molecule has 1 heterocycles. The van der Waals surface area contributed by atoms with Gasteiger partial charge in [-0.3, -0.25) is 4.79 Å². The quantitative estimate of drug-likeness (QED) is 0.0243. The predicted octanol–water partition coefficient (Wildman–Crippen LogP) is 8.16. The average Bonchev–Trinajstić information content (AvgIpc) is 3.18. The van der Waals surface area contributed by atoms with E-state index in [2.05, 4.69) is 26.1 Å². The average molecular weight is 786 g/mol. The summed E-state index contributed by atoms with van der Waals surface area (Å²) in [5.41, 5.74) is 0. The molecular formula is C45H87NO9. The van der Waals surface area contributed by atoms with Crippen LogP contribution in [0.5, 0.6) is 0 Å². The molecule has 1 amide bonds. The molecule has 0 aromatic carbocycles. The van der Waals surface area contributed by atoms with E-state index in [1.807, 2.05) is 6.08 Å². The summed E-state index contributed by atoms with van der Waals surface area (Å²) >= 11 is 0. The lowest BCUT2D eigenvalue weighted by Crippen LogP contribution is -2.60. The van der Waals surface area contributed by atoms with Crippen molar-refractivity contribution in [1.29, 1.82) is 0 Å². The largest absolute Gasteiger partial charge is 0.394 e. The molecule has 0 aromatic rings. The van der Waals surface area contributed by atoms with Gasteiger partial charge >= 0.3 is 0 Å². The number of ether oxygens (including phenoxy) is 2. The van der Waals surface area contributed by atoms with E-state index in [0.717, 1.165) is 50.9 Å². The lowest BCUT2D eigenvalue weighted by Gasteiger charge is -2.40. The van der Waals surface area contributed by atoms with Crippen molar-refractivity contribution in [1.82, 2.24) is 5.32 Å². The summed E-state index contributed by atoms with van der Waals surface area (Å²) in [7, 11) is 0. The molecule has 0 spiro atoms. The van der Waals surface area contributed by atoms with Crippen LogP contribution in [0, 0.1) is 5.92 Å². The molecule has 0 saturated carbocycles. The highest BCUT2D eigenvalue weighted by Crippen LogP contribution is 2.23. The van der Waals surface area contributed by atoms with Crippen molar-refractivity contribution in [2.45, 2.75) is 250 Å². The highest BCUT2D eigenvalue weighted by Gasteiger charge is 2.44. The zero-order valence-corrected chi connectivity index (χ0v) is 35.5. The standard InChI is InChI=1S/C45H87NO9/c1-4-6-7-8-9-10-11-12-13-14-15-16-17-18-19-24-27-30-33-39(49)44(53)46-37(35-54-45-43(52)42(51)41(50)40(34-47)55-45)38(48)32-29-26-23-21-20-22-25-28-31-36(3)5-2/h29,32,36-43,45,47-52H,4-28,30-31,33-35H2,1-3H3,(H,46,53). The van der Waals surface area contributed by atoms with Gasteiger partial charge in [-0.2, -0.15) is 0 Å². The fourth-order valence-electron chi connectivity index (χ4n) is 7.31. The molecule has 10 nitrogen and oxygen atoms in total. The van der Waals surface area contributed by atoms with Crippen molar-refractivity contribution in [3.05, 3.63) is 12.2 Å². The van der Waals surface area contributed by atoms with Crippen LogP contribution in [0.4, 0.5) is 0 Å². The van der Waals surface area contributed by atoms with Gasteiger partial charge in [0.2, 0.25) is 5.91 Å². The minimum atomic E-state index is -1.61. The van der Waals surface area contributed by atoms with Gasteiger partial charge < -0.3 is 45.4 Å². The number of allylic oxidation sites excluding steroid dienone is 1. The lowest BCUT2D eigenvalue weighted by atomic mass is 9.99. The van der Waals surface area contributed by atoms with E-state index in [-0.39, 0.29) is 6.61 Å². The summed E-state index contributed by atoms with van der Waals surface area (Å²) in [6.07, 6.45) is 27.3. The first-order valence-electron chi connectivity index (χ1n) is 22.9. The number of carbonyl (C=O) groups excluding carboxylic acids is 1. The first kappa shape index (κ1) is 51.9. The van der Waals surface area contributed by atoms with Crippen LogP contribution < -0.4 is 5.32 Å². The number of unbranched alkanes of at least 4 members (excludes halogenated alkanes) is 23. The number of hydrogen-bond donors (Lipinski definition) is 7. The first-order valence-corrected chi connectivity index (χ1v) is 22.9. The number of nitrogens with one attached hydrogen (secondary N) is 1. The molecule has 55 heavy (non-hydrogen) atoms. The summed E-state index contributed by atoms with van der Waals surface area (Å²) in [6.45, 7) is 5.92. The van der Waals surface area contributed by atoms with Crippen LogP contribution in [-0.2, 0) is 14.3 Å². The molecule has 0 radical (unpaired) electrons. The Bertz CT molecular complexity index is 906. The van der Waals surface area contributed by atoms with Gasteiger partial charge in [-0.05, 0) is 25.2 Å². The first-order chi connectivity index (χ1) is 26.7. The van der Waals surface area contributed by atoms with Gasteiger partial charge in [-0.15, -0.1) is 0 Å². The highest BCUT2D eigenvalue weighted by atomic mass is 16.7. The molecule has 1 saturated heterocycles. The third-order valence-electron chi connectivity index (χ3n) is 11.5. The maximum absolute atomic E-state index is 13.0. The molecule has 10 heteroatoms. The van der Waals surface area contributed by atoms with Crippen LogP contribution in [0.3, 0.4) is 0 Å². The smallest absolute Gasteiger partial charge is 0.249 e. The number of aliphatic hydroxyl groups is 6. The predicted molar refractivity (Wildman–Crippen MR) is 223 cm³/mol. The third-order valence-corrected chi connectivity index (χ3v) is 11.5. The monoisotopic (exact) mass is 786 g/mol. The Morgan fingerprint density at radius 2 is 1.15 bits per heavy atom. The van der Waals surface area contributed by atoms with Gasteiger partial charge in [-0.1, -0.05) is 193 Å². The number of hydrogen-bond acceptors (Lipinski definition) is 9. The van der Waals surface area contributed by atoms with Crippen LogP contribution in [0.1, 0.15) is 201 Å². The van der Waals surface area contributed by atoms with E-state index >= 15 is 0 Å². The summed E-state index contributed by atoms with van der Waals surface area (Å²) < 4.78 is 11.1. The second kappa shape index (κ2) is 34.9. The van der Waals surface area contributed by atoms with E-state index in [0.29, 0.717) is 6.42 Å². The molecular weight excluding hydrogens is 698 g/mol. The van der Waals surface area contributed by atoms with Crippen LogP contribution in [0.15, 0.2) is 12.2 Å². The van der Waals surface area contributed by atoms with Crippen LogP contribution >= 0.6 is 0 Å². The van der Waals surface area contributed by atoms with Crippen molar-refractivity contribution in [3.8, 4) is 0 Å². The van der Waals surface area contributed by atoms with Gasteiger partial charge in [0.05, 0.1) is 25.4 Å². The number of amides is 1. The zero-order chi connectivity index (χ0) is 40.5. The fourth-order valence-corrected chi connectivity index (χ4v) is 7.31. The Morgan fingerprint density at radius 1 is 0.673 bits per heavy atom. The molecule has 1 aliphatic rings. The Labute approximate surface area is 336 Å². The summed E-state index contributed by atoms with van der Waals surface area (Å²) in [5.74, 6) is 0.185. The Hall–Kier alpha value is -1.11. The minimum absolute atomic E-state index is 0.303. The summed E-state index contributed by atoms with van der Waals surface area (Å²) in [4.78, 5) is 13.0. The molecule has 9 unspecified atom stereocenters. The molecule has 1 fully saturated rings. The highest BCUT2D eigenvalue weighted by molar-refractivity contribution is 5.80. The van der Waals surface area contributed by atoms with E-state index in [9.17, 15) is 35.4 Å². The normalized spacial score (nSPS) is 22.5. The second-order valence-electron chi connectivity index (χ2n) is 16.6. The molecule has 1 aliphatic heterocycles. The van der Waals surface area contributed by atoms with Gasteiger partial charge in [0.25, 0.3) is 0 Å². The fraction of sp³-hybridized carbons (Fsp3) is 0.933. The van der Waals surface area contributed by atoms with Crippen molar-refractivity contribution in [3.63, 3.8) is 0 Å². The van der Waals surface area contributed by atoms with E-state index in [4.69, 9.17) is 9.47 Å². The van der Waals surface area contributed by atoms with Crippen molar-refractivity contribution < 1.29 is 44.9 Å². The van der Waals surface area contributed by atoms with E-state index in [1.165, 1.54) is 128 Å². The number of rotatable bonds is 37. The molecule has 1 rings (SSSR count). The maximum atomic E-state index is 13.0. The van der Waals surface area contributed by atoms with Gasteiger partial charge in [0.1, 0.15) is 30.5 Å². The second-order valence-corrected chi connectivity index (χ2v) is 16.6. The lowest BCUT2D eigenvalue weighted by molar-refractivity contribution is -0.302. The van der Waals surface area contributed by atoms with Crippen LogP contribution in [-0.4, -0.2) is 98.7 Å². The van der Waals surface area contributed by atoms with Gasteiger partial charge in [0.15, 0.2) is 6.29 Å². The topological polar surface area (TPSA) is 169 Å². The molecule has 9 atom stereocenters. The Balaban J connectivity index is 2.39. The summed E-state index contributed by atoms with van der Waals surface area (Å²) in [6, 6.07) is -0.975. The minimum Gasteiger partial charge on any atom is -0.394 e. The maximum Gasteiger partial charge on any atom is 0.249 e. The molecule has 0 aliphatic carbocycles. The number of aliphatic hydroxyl groups excluding tert-OH is 6. The van der Waals surface area contributed by atoms with E-state index in [1.54, 1.807) is 6.08 Å². The SMILES string of the molecule is CCCCCCCCCCCCCCCCCCCCC(O)C(=O)NC(COC1OC(CO)C(O)C(O)C1O)C(O)C=CCCCCCCCCC(C)CC. The molecule has 0 aromatic heterocycles. The number of carbonyl (C=O) groups is 1. The van der Waals surface area contributed by atoms with Crippen molar-refractivity contribution >= 4 is 5.91 Å². The van der Waals surface area contributed by atoms with E-state index < -0.39 is 61.5 Å². The van der Waals surface area contributed by atoms with Crippen LogP contribution in [0.2, 0.25) is 0 Å². The van der Waals surface area contributed by atoms with Crippen molar-refractivity contribution in [2.24, 2.45) is 5.92 Å². The van der Waals surface area contributed by atoms with Gasteiger partial charge in [0, 0.05) is 0 Å². The molecule has 7 N–H and O–H groups in total.